The Hall–Kier alpha value is -2.25. The number of aromatic nitrogens is 3. The zero-order valence-electron chi connectivity index (χ0n) is 13.9. The number of rotatable bonds is 3. The number of sulfone groups is 1. The van der Waals surface area contributed by atoms with Gasteiger partial charge >= 0.3 is 0 Å². The fourth-order valence-electron chi connectivity index (χ4n) is 3.48. The minimum Gasteiger partial charge on any atom is -0.392 e. The molecule has 0 spiro atoms. The van der Waals surface area contributed by atoms with Crippen molar-refractivity contribution in [2.45, 2.75) is 26.0 Å². The number of fused-ring (bicyclic) bond motifs is 1. The van der Waals surface area contributed by atoms with Gasteiger partial charge in [-0.15, -0.1) is 0 Å². The first kappa shape index (κ1) is 16.2. The van der Waals surface area contributed by atoms with Crippen molar-refractivity contribution < 1.29 is 13.5 Å². The molecule has 1 fully saturated rings. The molecule has 1 aliphatic rings. The summed E-state index contributed by atoms with van der Waals surface area (Å²) in [6.07, 6.45) is 2.34. The number of pyridine rings is 1. The molecule has 0 bridgehead atoms. The summed E-state index contributed by atoms with van der Waals surface area (Å²) < 4.78 is 25.3. The first-order chi connectivity index (χ1) is 12.0. The quantitative estimate of drug-likeness (QED) is 0.777. The van der Waals surface area contributed by atoms with Crippen molar-refractivity contribution >= 4 is 20.9 Å². The maximum Gasteiger partial charge on any atom is 0.158 e. The highest BCUT2D eigenvalue weighted by Crippen LogP contribution is 2.31. The number of hydrogen-bond donors (Lipinski definition) is 1. The molecule has 1 aromatic carbocycles. The standard InChI is InChI=1S/C18H19N3O3S/c1-12-17-8-14(16-5-3-2-4-13(16)10-22)9-19-18(17)21(20-12)15-6-7-25(23,24)11-15/h2-5,8-9,15,22H,6-7,10-11H2,1H3. The van der Waals surface area contributed by atoms with Gasteiger partial charge in [-0.3, -0.25) is 0 Å². The average molecular weight is 357 g/mol. The van der Waals surface area contributed by atoms with Crippen molar-refractivity contribution in [1.29, 1.82) is 0 Å². The van der Waals surface area contributed by atoms with E-state index in [9.17, 15) is 13.5 Å². The van der Waals surface area contributed by atoms with Crippen molar-refractivity contribution in [1.82, 2.24) is 14.8 Å². The van der Waals surface area contributed by atoms with Crippen molar-refractivity contribution in [3.05, 3.63) is 47.8 Å². The summed E-state index contributed by atoms with van der Waals surface area (Å²) >= 11 is 0. The summed E-state index contributed by atoms with van der Waals surface area (Å²) in [6, 6.07) is 9.53. The second-order valence-corrected chi connectivity index (χ2v) is 8.73. The molecule has 130 valence electrons. The molecule has 3 aromatic rings. The van der Waals surface area contributed by atoms with Crippen LogP contribution in [0.4, 0.5) is 0 Å². The number of hydrogen-bond acceptors (Lipinski definition) is 5. The molecule has 1 aliphatic heterocycles. The molecule has 3 heterocycles. The van der Waals surface area contributed by atoms with Gasteiger partial charge in [0.05, 0.1) is 29.8 Å². The molecule has 2 aromatic heterocycles. The molecule has 1 saturated heterocycles. The number of aliphatic hydroxyl groups is 1. The number of nitrogens with zero attached hydrogens (tertiary/aromatic N) is 3. The van der Waals surface area contributed by atoms with Crippen LogP contribution in [0.15, 0.2) is 36.5 Å². The zero-order valence-corrected chi connectivity index (χ0v) is 14.7. The van der Waals surface area contributed by atoms with E-state index in [1.807, 2.05) is 37.3 Å². The minimum absolute atomic E-state index is 0.0353. The van der Waals surface area contributed by atoms with Crippen molar-refractivity contribution in [3.8, 4) is 11.1 Å². The second kappa shape index (κ2) is 5.93. The molecule has 0 radical (unpaired) electrons. The van der Waals surface area contributed by atoms with Gasteiger partial charge in [-0.25, -0.2) is 18.1 Å². The Morgan fingerprint density at radius 3 is 2.84 bits per heavy atom. The summed E-state index contributed by atoms with van der Waals surface area (Å²) in [5.41, 5.74) is 4.24. The van der Waals surface area contributed by atoms with Gasteiger partial charge in [0.1, 0.15) is 0 Å². The predicted octanol–water partition coefficient (Wildman–Crippen LogP) is 2.26. The Labute approximate surface area is 146 Å². The Morgan fingerprint density at radius 2 is 2.12 bits per heavy atom. The molecule has 0 saturated carbocycles. The van der Waals surface area contributed by atoms with E-state index in [2.05, 4.69) is 10.1 Å². The molecular formula is C18H19N3O3S. The second-order valence-electron chi connectivity index (χ2n) is 6.50. The molecule has 25 heavy (non-hydrogen) atoms. The maximum atomic E-state index is 11.8. The van der Waals surface area contributed by atoms with Gasteiger partial charge in [-0.1, -0.05) is 24.3 Å². The fraction of sp³-hybridized carbons (Fsp3) is 0.333. The highest BCUT2D eigenvalue weighted by atomic mass is 32.2. The first-order valence-corrected chi connectivity index (χ1v) is 10.0. The maximum absolute atomic E-state index is 11.8. The van der Waals surface area contributed by atoms with Crippen LogP contribution in [0.5, 0.6) is 0 Å². The van der Waals surface area contributed by atoms with Crippen LogP contribution in [-0.4, -0.2) is 39.8 Å². The zero-order chi connectivity index (χ0) is 17.6. The molecule has 7 heteroatoms. The van der Waals surface area contributed by atoms with Gasteiger partial charge in [-0.05, 0) is 30.5 Å². The van der Waals surface area contributed by atoms with Gasteiger partial charge in [0.25, 0.3) is 0 Å². The van der Waals surface area contributed by atoms with E-state index in [1.165, 1.54) is 0 Å². The van der Waals surface area contributed by atoms with Gasteiger partial charge in [0, 0.05) is 17.1 Å². The lowest BCUT2D eigenvalue weighted by atomic mass is 10.0. The van der Waals surface area contributed by atoms with E-state index in [1.54, 1.807) is 10.9 Å². The lowest BCUT2D eigenvalue weighted by Crippen LogP contribution is -2.13. The van der Waals surface area contributed by atoms with Crippen LogP contribution in [0.1, 0.15) is 23.7 Å². The van der Waals surface area contributed by atoms with Crippen LogP contribution in [0.25, 0.3) is 22.2 Å². The number of aryl methyl sites for hydroxylation is 1. The lowest BCUT2D eigenvalue weighted by Gasteiger charge is -2.10. The Kier molecular flexibility index (Phi) is 3.85. The van der Waals surface area contributed by atoms with E-state index < -0.39 is 9.84 Å². The van der Waals surface area contributed by atoms with Gasteiger partial charge in [0.15, 0.2) is 15.5 Å². The summed E-state index contributed by atoms with van der Waals surface area (Å²) in [5, 5.41) is 15.0. The summed E-state index contributed by atoms with van der Waals surface area (Å²) in [5.74, 6) is 0.333. The van der Waals surface area contributed by atoms with E-state index >= 15 is 0 Å². The number of aliphatic hydroxyl groups excluding tert-OH is 1. The first-order valence-electron chi connectivity index (χ1n) is 8.23. The molecule has 6 nitrogen and oxygen atoms in total. The third kappa shape index (κ3) is 2.83. The molecule has 0 amide bonds. The summed E-state index contributed by atoms with van der Waals surface area (Å²) in [6.45, 7) is 1.87. The predicted molar refractivity (Wildman–Crippen MR) is 95.9 cm³/mol. The molecule has 0 aliphatic carbocycles. The topological polar surface area (TPSA) is 85.1 Å². The Morgan fingerprint density at radius 1 is 1.32 bits per heavy atom. The van der Waals surface area contributed by atoms with Crippen LogP contribution < -0.4 is 0 Å². The molecule has 1 atom stereocenters. The van der Waals surface area contributed by atoms with Crippen LogP contribution >= 0.6 is 0 Å². The molecule has 1 N–H and O–H groups in total. The smallest absolute Gasteiger partial charge is 0.158 e. The SMILES string of the molecule is Cc1nn(C2CCS(=O)(=O)C2)c2ncc(-c3ccccc3CO)cc12. The molecular weight excluding hydrogens is 338 g/mol. The summed E-state index contributed by atoms with van der Waals surface area (Å²) in [7, 11) is -2.98. The van der Waals surface area contributed by atoms with Crippen LogP contribution in [0, 0.1) is 6.92 Å². The van der Waals surface area contributed by atoms with E-state index in [0.29, 0.717) is 12.1 Å². The third-order valence-corrected chi connectivity index (χ3v) is 6.53. The third-order valence-electron chi connectivity index (χ3n) is 4.78. The molecule has 4 rings (SSSR count). The highest BCUT2D eigenvalue weighted by Gasteiger charge is 2.31. The van der Waals surface area contributed by atoms with Crippen molar-refractivity contribution in [3.63, 3.8) is 0 Å². The highest BCUT2D eigenvalue weighted by molar-refractivity contribution is 7.91. The Balaban J connectivity index is 1.82. The number of benzene rings is 1. The largest absolute Gasteiger partial charge is 0.392 e. The van der Waals surface area contributed by atoms with E-state index in [-0.39, 0.29) is 24.2 Å². The van der Waals surface area contributed by atoms with Crippen LogP contribution in [0.2, 0.25) is 0 Å². The average Bonchev–Trinajstić information content (AvgIpc) is 3.14. The minimum atomic E-state index is -2.98. The van der Waals surface area contributed by atoms with Crippen molar-refractivity contribution in [2.24, 2.45) is 0 Å². The lowest BCUT2D eigenvalue weighted by molar-refractivity contribution is 0.282. The van der Waals surface area contributed by atoms with Gasteiger partial charge in [-0.2, -0.15) is 5.10 Å². The monoisotopic (exact) mass is 357 g/mol. The van der Waals surface area contributed by atoms with Crippen LogP contribution in [0.3, 0.4) is 0 Å². The molecule has 1 unspecified atom stereocenters. The normalized spacial score (nSPS) is 19.5. The van der Waals surface area contributed by atoms with Crippen LogP contribution in [-0.2, 0) is 16.4 Å². The van der Waals surface area contributed by atoms with Gasteiger partial charge < -0.3 is 5.11 Å². The van der Waals surface area contributed by atoms with Gasteiger partial charge in [0.2, 0.25) is 0 Å². The van der Waals surface area contributed by atoms with Crippen molar-refractivity contribution in [2.75, 3.05) is 11.5 Å². The Bertz CT molecular complexity index is 1060. The van der Waals surface area contributed by atoms with E-state index in [0.717, 1.165) is 27.8 Å². The fourth-order valence-corrected chi connectivity index (χ4v) is 5.17. The summed E-state index contributed by atoms with van der Waals surface area (Å²) in [4.78, 5) is 4.57. The van der Waals surface area contributed by atoms with E-state index in [4.69, 9.17) is 0 Å².